The summed E-state index contributed by atoms with van der Waals surface area (Å²) < 4.78 is 32.2. The van der Waals surface area contributed by atoms with Gasteiger partial charge in [-0.05, 0) is 38.5 Å². The van der Waals surface area contributed by atoms with E-state index in [1.165, 1.54) is 0 Å². The van der Waals surface area contributed by atoms with E-state index in [0.717, 1.165) is 6.42 Å². The van der Waals surface area contributed by atoms with Crippen LogP contribution in [-0.4, -0.2) is 18.5 Å². The summed E-state index contributed by atoms with van der Waals surface area (Å²) in [5.74, 6) is -3.82. The van der Waals surface area contributed by atoms with Gasteiger partial charge in [-0.15, -0.1) is 0 Å². The standard InChI is InChI=1S/C12H18F2O2/c1-2-16-11(15)10-6-5-9-4-3-8(10)7-12(9,13)14/h8-10H,2-7H2,1H3/t8-,9+,10?/m0/s1. The van der Waals surface area contributed by atoms with Crippen LogP contribution >= 0.6 is 0 Å². The summed E-state index contributed by atoms with van der Waals surface area (Å²) in [7, 11) is 0. The molecule has 2 bridgehead atoms. The molecule has 3 aliphatic rings. The van der Waals surface area contributed by atoms with Crippen LogP contribution in [0, 0.1) is 17.8 Å². The second-order valence-corrected chi connectivity index (χ2v) is 4.94. The summed E-state index contributed by atoms with van der Waals surface area (Å²) in [6, 6.07) is 0. The molecule has 0 saturated heterocycles. The molecule has 2 nitrogen and oxygen atoms in total. The van der Waals surface area contributed by atoms with E-state index in [4.69, 9.17) is 4.74 Å². The van der Waals surface area contributed by atoms with E-state index < -0.39 is 11.8 Å². The molecule has 0 aromatic heterocycles. The van der Waals surface area contributed by atoms with Gasteiger partial charge >= 0.3 is 5.97 Å². The summed E-state index contributed by atoms with van der Waals surface area (Å²) in [6.45, 7) is 2.09. The molecule has 0 spiro atoms. The number of carbonyl (C=O) groups is 1. The van der Waals surface area contributed by atoms with Crippen molar-refractivity contribution in [1.29, 1.82) is 0 Å². The lowest BCUT2D eigenvalue weighted by molar-refractivity contribution is -0.152. The Morgan fingerprint density at radius 3 is 2.62 bits per heavy atom. The van der Waals surface area contributed by atoms with Crippen molar-refractivity contribution >= 4 is 5.97 Å². The lowest BCUT2D eigenvalue weighted by Crippen LogP contribution is -2.35. The van der Waals surface area contributed by atoms with Crippen LogP contribution in [0.4, 0.5) is 8.78 Å². The molecule has 0 radical (unpaired) electrons. The van der Waals surface area contributed by atoms with Crippen molar-refractivity contribution in [2.24, 2.45) is 17.8 Å². The van der Waals surface area contributed by atoms with Gasteiger partial charge in [-0.2, -0.15) is 0 Å². The molecule has 4 heteroatoms. The smallest absolute Gasteiger partial charge is 0.309 e. The number of ether oxygens (including phenoxy) is 1. The average molecular weight is 232 g/mol. The van der Waals surface area contributed by atoms with Gasteiger partial charge in [0.15, 0.2) is 0 Å². The second-order valence-electron chi connectivity index (χ2n) is 4.94. The van der Waals surface area contributed by atoms with Gasteiger partial charge in [-0.25, -0.2) is 8.78 Å². The monoisotopic (exact) mass is 232 g/mol. The predicted molar refractivity (Wildman–Crippen MR) is 55.1 cm³/mol. The van der Waals surface area contributed by atoms with Crippen LogP contribution in [0.3, 0.4) is 0 Å². The summed E-state index contributed by atoms with van der Waals surface area (Å²) >= 11 is 0. The quantitative estimate of drug-likeness (QED) is 0.684. The first-order valence-electron chi connectivity index (χ1n) is 6.09. The first kappa shape index (κ1) is 11.8. The van der Waals surface area contributed by atoms with Crippen LogP contribution < -0.4 is 0 Å². The molecule has 0 amide bonds. The van der Waals surface area contributed by atoms with E-state index in [0.29, 0.717) is 25.9 Å². The zero-order valence-corrected chi connectivity index (χ0v) is 9.55. The van der Waals surface area contributed by atoms with Crippen LogP contribution in [0.15, 0.2) is 0 Å². The molecule has 0 heterocycles. The van der Waals surface area contributed by atoms with Crippen LogP contribution in [0.25, 0.3) is 0 Å². The molecule has 0 aromatic carbocycles. The van der Waals surface area contributed by atoms with Gasteiger partial charge in [0.25, 0.3) is 5.92 Å². The number of hydrogen-bond donors (Lipinski definition) is 0. The number of rotatable bonds is 2. The van der Waals surface area contributed by atoms with E-state index in [1.54, 1.807) is 6.92 Å². The van der Waals surface area contributed by atoms with Crippen LogP contribution in [0.1, 0.15) is 39.0 Å². The van der Waals surface area contributed by atoms with Crippen molar-refractivity contribution in [3.05, 3.63) is 0 Å². The third-order valence-electron chi connectivity index (χ3n) is 4.00. The summed E-state index contributed by atoms with van der Waals surface area (Å²) in [5.41, 5.74) is 0. The first-order valence-corrected chi connectivity index (χ1v) is 6.09. The molecule has 0 aromatic rings. The van der Waals surface area contributed by atoms with Gasteiger partial charge in [-0.1, -0.05) is 0 Å². The predicted octanol–water partition coefficient (Wildman–Crippen LogP) is 3.01. The number of alkyl halides is 2. The van der Waals surface area contributed by atoms with Crippen molar-refractivity contribution < 1.29 is 18.3 Å². The number of esters is 1. The van der Waals surface area contributed by atoms with Crippen molar-refractivity contribution in [2.45, 2.75) is 45.0 Å². The first-order chi connectivity index (χ1) is 7.54. The van der Waals surface area contributed by atoms with Gasteiger partial charge in [-0.3, -0.25) is 4.79 Å². The Labute approximate surface area is 94.3 Å². The Hall–Kier alpha value is -0.670. The maximum atomic E-state index is 13.6. The molecule has 3 saturated carbocycles. The lowest BCUT2D eigenvalue weighted by Gasteiger charge is -2.33. The molecule has 0 aliphatic heterocycles. The average Bonchev–Trinajstić information content (AvgIpc) is 2.46. The fourth-order valence-electron chi connectivity index (χ4n) is 3.12. The zero-order valence-electron chi connectivity index (χ0n) is 9.55. The fraction of sp³-hybridized carbons (Fsp3) is 0.917. The Morgan fingerprint density at radius 1 is 1.31 bits per heavy atom. The number of carbonyl (C=O) groups excluding carboxylic acids is 1. The third-order valence-corrected chi connectivity index (χ3v) is 4.00. The summed E-state index contributed by atoms with van der Waals surface area (Å²) in [4.78, 5) is 11.7. The van der Waals surface area contributed by atoms with Gasteiger partial charge < -0.3 is 4.74 Å². The Balaban J connectivity index is 2.10. The fourth-order valence-corrected chi connectivity index (χ4v) is 3.12. The zero-order chi connectivity index (χ0) is 11.8. The molecule has 3 fully saturated rings. The Bertz CT molecular complexity index is 278. The minimum absolute atomic E-state index is 0.124. The SMILES string of the molecule is CCOC(=O)C1CC[C@H]2CC[C@H]1CC2(F)F. The minimum atomic E-state index is -2.57. The lowest BCUT2D eigenvalue weighted by atomic mass is 9.78. The maximum absolute atomic E-state index is 13.6. The van der Waals surface area contributed by atoms with Gasteiger partial charge in [0, 0.05) is 12.3 Å². The largest absolute Gasteiger partial charge is 0.466 e. The van der Waals surface area contributed by atoms with Gasteiger partial charge in [0.2, 0.25) is 0 Å². The normalized spacial score (nSPS) is 36.8. The van der Waals surface area contributed by atoms with Crippen LogP contribution in [-0.2, 0) is 9.53 Å². The van der Waals surface area contributed by atoms with E-state index in [2.05, 4.69) is 0 Å². The van der Waals surface area contributed by atoms with Gasteiger partial charge in [0.1, 0.15) is 0 Å². The molecular formula is C12H18F2O2. The highest BCUT2D eigenvalue weighted by Gasteiger charge is 2.51. The molecule has 92 valence electrons. The van der Waals surface area contributed by atoms with E-state index in [1.807, 2.05) is 0 Å². The molecule has 16 heavy (non-hydrogen) atoms. The minimum Gasteiger partial charge on any atom is -0.466 e. The molecule has 1 unspecified atom stereocenters. The van der Waals surface area contributed by atoms with Crippen molar-refractivity contribution in [2.75, 3.05) is 6.61 Å². The topological polar surface area (TPSA) is 26.3 Å². The molecule has 3 atom stereocenters. The molecular weight excluding hydrogens is 214 g/mol. The highest BCUT2D eigenvalue weighted by atomic mass is 19.3. The number of hydrogen-bond acceptors (Lipinski definition) is 2. The summed E-state index contributed by atoms with van der Waals surface area (Å²) in [6.07, 6.45) is 2.23. The van der Waals surface area contributed by atoms with Crippen molar-refractivity contribution in [1.82, 2.24) is 0 Å². The van der Waals surface area contributed by atoms with Gasteiger partial charge in [0.05, 0.1) is 12.5 Å². The second kappa shape index (κ2) is 4.30. The number of fused-ring (bicyclic) bond motifs is 4. The molecule has 3 aliphatic carbocycles. The Kier molecular flexibility index (Phi) is 3.17. The van der Waals surface area contributed by atoms with E-state index in [9.17, 15) is 13.6 Å². The summed E-state index contributed by atoms with van der Waals surface area (Å²) in [5, 5.41) is 0. The highest BCUT2D eigenvalue weighted by molar-refractivity contribution is 5.72. The molecule has 3 rings (SSSR count). The van der Waals surface area contributed by atoms with Crippen molar-refractivity contribution in [3.63, 3.8) is 0 Å². The van der Waals surface area contributed by atoms with Crippen LogP contribution in [0.2, 0.25) is 0 Å². The number of halogens is 2. The molecule has 0 N–H and O–H groups in total. The van der Waals surface area contributed by atoms with Crippen molar-refractivity contribution in [3.8, 4) is 0 Å². The highest BCUT2D eigenvalue weighted by Crippen LogP contribution is 2.50. The van der Waals surface area contributed by atoms with E-state index >= 15 is 0 Å². The van der Waals surface area contributed by atoms with Crippen LogP contribution in [0.5, 0.6) is 0 Å². The van der Waals surface area contributed by atoms with E-state index in [-0.39, 0.29) is 24.2 Å². The maximum Gasteiger partial charge on any atom is 0.309 e. The third kappa shape index (κ3) is 2.06. The Morgan fingerprint density at radius 2 is 2.00 bits per heavy atom.